The zero-order valence-electron chi connectivity index (χ0n) is 9.96. The Bertz CT molecular complexity index is 596. The molecule has 18 heavy (non-hydrogen) atoms. The van der Waals surface area contributed by atoms with Crippen molar-refractivity contribution in [2.24, 2.45) is 0 Å². The summed E-state index contributed by atoms with van der Waals surface area (Å²) in [4.78, 5) is 18.0. The van der Waals surface area contributed by atoms with E-state index in [1.165, 1.54) is 0 Å². The predicted octanol–water partition coefficient (Wildman–Crippen LogP) is 2.31. The molecule has 2 heterocycles. The molecule has 1 aliphatic heterocycles. The van der Waals surface area contributed by atoms with Crippen molar-refractivity contribution >= 4 is 17.3 Å². The summed E-state index contributed by atoms with van der Waals surface area (Å²) in [5.41, 5.74) is 2.56. The Labute approximate surface area is 105 Å². The second kappa shape index (κ2) is 4.14. The number of anilines is 2. The lowest BCUT2D eigenvalue weighted by Crippen LogP contribution is -2.21. The summed E-state index contributed by atoms with van der Waals surface area (Å²) in [5.74, 6) is 0.532. The average Bonchev–Trinajstić information content (AvgIpc) is 2.75. The first-order chi connectivity index (χ1) is 8.81. The van der Waals surface area contributed by atoms with Gasteiger partial charge in [-0.05, 0) is 23.8 Å². The van der Waals surface area contributed by atoms with Crippen molar-refractivity contribution < 1.29 is 9.53 Å². The Morgan fingerprint density at radius 1 is 1.22 bits per heavy atom. The van der Waals surface area contributed by atoms with Crippen molar-refractivity contribution in [2.45, 2.75) is 6.42 Å². The van der Waals surface area contributed by atoms with E-state index in [0.29, 0.717) is 12.3 Å². The van der Waals surface area contributed by atoms with Gasteiger partial charge in [0.15, 0.2) is 0 Å². The molecule has 4 heteroatoms. The largest absolute Gasteiger partial charge is 0.479 e. The third-order valence-electron chi connectivity index (χ3n) is 3.00. The maximum atomic E-state index is 12.1. The van der Waals surface area contributed by atoms with Crippen LogP contribution < -0.4 is 9.64 Å². The average molecular weight is 240 g/mol. The van der Waals surface area contributed by atoms with Crippen LogP contribution in [0.4, 0.5) is 11.4 Å². The molecule has 0 saturated carbocycles. The number of hydrogen-bond donors (Lipinski definition) is 0. The zero-order valence-corrected chi connectivity index (χ0v) is 9.96. The molecular weight excluding hydrogens is 228 g/mol. The highest BCUT2D eigenvalue weighted by Crippen LogP contribution is 2.40. The van der Waals surface area contributed by atoms with E-state index in [0.717, 1.165) is 16.9 Å². The fourth-order valence-corrected chi connectivity index (χ4v) is 2.22. The molecule has 3 rings (SSSR count). The molecule has 1 aromatic heterocycles. The van der Waals surface area contributed by atoms with Gasteiger partial charge in [0.1, 0.15) is 5.69 Å². The number of amides is 1. The molecule has 0 saturated heterocycles. The minimum atomic E-state index is 0.0440. The quantitative estimate of drug-likeness (QED) is 0.809. The van der Waals surface area contributed by atoms with E-state index in [1.54, 1.807) is 18.2 Å². The summed E-state index contributed by atoms with van der Waals surface area (Å²) in [7, 11) is 1.56. The van der Waals surface area contributed by atoms with Crippen LogP contribution in [0.2, 0.25) is 0 Å². The van der Waals surface area contributed by atoms with Gasteiger partial charge in [0.2, 0.25) is 11.8 Å². The molecule has 0 N–H and O–H groups in total. The summed E-state index contributed by atoms with van der Waals surface area (Å²) in [5, 5.41) is 0. The van der Waals surface area contributed by atoms with Gasteiger partial charge in [-0.2, -0.15) is 0 Å². The monoisotopic (exact) mass is 240 g/mol. The molecule has 0 bridgehead atoms. The second-order valence-electron chi connectivity index (χ2n) is 4.07. The van der Waals surface area contributed by atoms with Crippen molar-refractivity contribution in [1.82, 2.24) is 4.98 Å². The lowest BCUT2D eigenvalue weighted by Gasteiger charge is -2.18. The third-order valence-corrected chi connectivity index (χ3v) is 3.00. The fourth-order valence-electron chi connectivity index (χ4n) is 2.22. The number of pyridine rings is 1. The molecule has 0 radical (unpaired) electrons. The highest BCUT2D eigenvalue weighted by Gasteiger charge is 2.32. The number of para-hydroxylation sites is 1. The highest BCUT2D eigenvalue weighted by molar-refractivity contribution is 6.08. The summed E-state index contributed by atoms with van der Waals surface area (Å²) >= 11 is 0. The normalized spacial score (nSPS) is 13.6. The molecule has 90 valence electrons. The number of aromatic nitrogens is 1. The van der Waals surface area contributed by atoms with Gasteiger partial charge in [-0.3, -0.25) is 9.69 Å². The Balaban J connectivity index is 2.17. The van der Waals surface area contributed by atoms with Gasteiger partial charge in [0, 0.05) is 11.9 Å². The van der Waals surface area contributed by atoms with Crippen LogP contribution in [0.15, 0.2) is 42.6 Å². The van der Waals surface area contributed by atoms with Crippen LogP contribution in [0.1, 0.15) is 5.56 Å². The molecular formula is C14H12N2O2. The van der Waals surface area contributed by atoms with Crippen LogP contribution in [0.3, 0.4) is 0 Å². The third kappa shape index (κ3) is 1.54. The van der Waals surface area contributed by atoms with Crippen molar-refractivity contribution in [1.29, 1.82) is 0 Å². The standard InChI is InChI=1S/C14H12N2O2/c1-18-14-13-10(7-8-15-14)9-12(17)16(13)11-5-3-2-4-6-11/h2-8H,9H2,1H3. The molecule has 0 aliphatic carbocycles. The molecule has 0 fully saturated rings. The lowest BCUT2D eigenvalue weighted by molar-refractivity contribution is -0.116. The number of benzene rings is 1. The Morgan fingerprint density at radius 3 is 2.72 bits per heavy atom. The summed E-state index contributed by atoms with van der Waals surface area (Å²) < 4.78 is 5.25. The van der Waals surface area contributed by atoms with Crippen LogP contribution in [0.25, 0.3) is 0 Å². The van der Waals surface area contributed by atoms with E-state index in [1.807, 2.05) is 36.4 Å². The SMILES string of the molecule is COc1nccc2c1N(c1ccccc1)C(=O)C2. The van der Waals surface area contributed by atoms with Gasteiger partial charge in [0.25, 0.3) is 0 Å². The number of hydrogen-bond acceptors (Lipinski definition) is 3. The topological polar surface area (TPSA) is 42.4 Å². The van der Waals surface area contributed by atoms with E-state index < -0.39 is 0 Å². The summed E-state index contributed by atoms with van der Waals surface area (Å²) in [6.07, 6.45) is 2.06. The Hall–Kier alpha value is -2.36. The highest BCUT2D eigenvalue weighted by atomic mass is 16.5. The number of rotatable bonds is 2. The Kier molecular flexibility index (Phi) is 2.48. The maximum Gasteiger partial charge on any atom is 0.238 e. The molecule has 4 nitrogen and oxygen atoms in total. The van der Waals surface area contributed by atoms with Gasteiger partial charge < -0.3 is 4.74 Å². The molecule has 1 amide bonds. The van der Waals surface area contributed by atoms with Crippen molar-refractivity contribution in [3.8, 4) is 5.88 Å². The van der Waals surface area contributed by atoms with Gasteiger partial charge in [-0.25, -0.2) is 4.98 Å². The van der Waals surface area contributed by atoms with E-state index in [4.69, 9.17) is 4.74 Å². The number of methoxy groups -OCH3 is 1. The molecule has 1 aromatic carbocycles. The molecule has 2 aromatic rings. The van der Waals surface area contributed by atoms with Gasteiger partial charge in [-0.1, -0.05) is 18.2 Å². The number of carbonyl (C=O) groups is 1. The van der Waals surface area contributed by atoms with Crippen LogP contribution >= 0.6 is 0 Å². The minimum Gasteiger partial charge on any atom is -0.479 e. The van der Waals surface area contributed by atoms with Gasteiger partial charge >= 0.3 is 0 Å². The summed E-state index contributed by atoms with van der Waals surface area (Å²) in [6, 6.07) is 11.4. The number of carbonyl (C=O) groups excluding carboxylic acids is 1. The van der Waals surface area contributed by atoms with Gasteiger partial charge in [0.05, 0.1) is 13.5 Å². The molecule has 0 spiro atoms. The molecule has 0 unspecified atom stereocenters. The Morgan fingerprint density at radius 2 is 2.00 bits per heavy atom. The summed E-state index contributed by atoms with van der Waals surface area (Å²) in [6.45, 7) is 0. The first kappa shape index (κ1) is 10.8. The van der Waals surface area contributed by atoms with Crippen molar-refractivity contribution in [3.05, 3.63) is 48.2 Å². The van der Waals surface area contributed by atoms with Crippen LogP contribution in [0, 0.1) is 0 Å². The smallest absolute Gasteiger partial charge is 0.238 e. The molecule has 1 aliphatic rings. The zero-order chi connectivity index (χ0) is 12.5. The minimum absolute atomic E-state index is 0.0440. The predicted molar refractivity (Wildman–Crippen MR) is 68.1 cm³/mol. The first-order valence-electron chi connectivity index (χ1n) is 5.71. The van der Waals surface area contributed by atoms with Crippen LogP contribution in [-0.2, 0) is 11.2 Å². The number of nitrogens with zero attached hydrogens (tertiary/aromatic N) is 2. The second-order valence-corrected chi connectivity index (χ2v) is 4.07. The van der Waals surface area contributed by atoms with Crippen molar-refractivity contribution in [2.75, 3.05) is 12.0 Å². The lowest BCUT2D eigenvalue weighted by atomic mass is 10.2. The van der Waals surface area contributed by atoms with Crippen LogP contribution in [0.5, 0.6) is 5.88 Å². The van der Waals surface area contributed by atoms with E-state index in [-0.39, 0.29) is 5.91 Å². The fraction of sp³-hybridized carbons (Fsp3) is 0.143. The number of fused-ring (bicyclic) bond motifs is 1. The van der Waals surface area contributed by atoms with E-state index in [2.05, 4.69) is 4.98 Å². The first-order valence-corrected chi connectivity index (χ1v) is 5.71. The van der Waals surface area contributed by atoms with Gasteiger partial charge in [-0.15, -0.1) is 0 Å². The maximum absolute atomic E-state index is 12.1. The molecule has 0 atom stereocenters. The van der Waals surface area contributed by atoms with E-state index in [9.17, 15) is 4.79 Å². The van der Waals surface area contributed by atoms with Crippen LogP contribution in [-0.4, -0.2) is 18.0 Å². The van der Waals surface area contributed by atoms with Crippen molar-refractivity contribution in [3.63, 3.8) is 0 Å². The van der Waals surface area contributed by atoms with E-state index >= 15 is 0 Å². The number of ether oxygens (including phenoxy) is 1.